The van der Waals surface area contributed by atoms with E-state index in [-0.39, 0.29) is 17.4 Å². The van der Waals surface area contributed by atoms with Crippen molar-refractivity contribution in [2.75, 3.05) is 19.6 Å². The summed E-state index contributed by atoms with van der Waals surface area (Å²) in [7, 11) is 0. The quantitative estimate of drug-likeness (QED) is 0.332. The number of carbonyl (C=O) groups is 3. The van der Waals surface area contributed by atoms with Gasteiger partial charge in [0.1, 0.15) is 11.2 Å². The second kappa shape index (κ2) is 12.1. The van der Waals surface area contributed by atoms with Crippen LogP contribution in [0.2, 0.25) is 0 Å². The van der Waals surface area contributed by atoms with Crippen LogP contribution in [0.15, 0.2) is 4.99 Å². The van der Waals surface area contributed by atoms with E-state index in [1.54, 1.807) is 46.4 Å². The standard InChI is InChI=1S/C25H42N4O6/c1-23(2,3)14-10-11-15-29(22(32)33)18-12-16-28(17-13-18)19(26-20(30)34-24(4,5)6)27-21(31)35-25(7,8)9/h18H,11-13,15-17H2,1-9H3,(H,32,33)(H,26,27,30,31). The van der Waals surface area contributed by atoms with Crippen LogP contribution in [-0.2, 0) is 9.47 Å². The maximum atomic E-state index is 12.4. The van der Waals surface area contributed by atoms with E-state index in [0.717, 1.165) is 0 Å². The van der Waals surface area contributed by atoms with E-state index in [1.807, 2.05) is 20.8 Å². The van der Waals surface area contributed by atoms with Gasteiger partial charge in [0.25, 0.3) is 0 Å². The minimum Gasteiger partial charge on any atom is -0.465 e. The van der Waals surface area contributed by atoms with Gasteiger partial charge in [0, 0.05) is 37.5 Å². The predicted molar refractivity (Wildman–Crippen MR) is 134 cm³/mol. The molecule has 0 radical (unpaired) electrons. The molecule has 0 aromatic carbocycles. The van der Waals surface area contributed by atoms with E-state index >= 15 is 0 Å². The Hall–Kier alpha value is -2.96. The van der Waals surface area contributed by atoms with E-state index in [4.69, 9.17) is 9.47 Å². The third kappa shape index (κ3) is 12.9. The lowest BCUT2D eigenvalue weighted by atomic mass is 9.98. The summed E-state index contributed by atoms with van der Waals surface area (Å²) in [4.78, 5) is 43.7. The van der Waals surface area contributed by atoms with Gasteiger partial charge in [-0.2, -0.15) is 0 Å². The van der Waals surface area contributed by atoms with Gasteiger partial charge in [-0.15, -0.1) is 10.9 Å². The average Bonchev–Trinajstić information content (AvgIpc) is 2.63. The number of piperidine rings is 1. The highest BCUT2D eigenvalue weighted by atomic mass is 16.6. The van der Waals surface area contributed by atoms with Crippen LogP contribution in [0, 0.1) is 17.3 Å². The van der Waals surface area contributed by atoms with E-state index in [9.17, 15) is 19.5 Å². The van der Waals surface area contributed by atoms with Gasteiger partial charge in [-0.1, -0.05) is 5.92 Å². The molecule has 35 heavy (non-hydrogen) atoms. The van der Waals surface area contributed by atoms with Crippen molar-refractivity contribution in [1.29, 1.82) is 0 Å². The van der Waals surface area contributed by atoms with Gasteiger partial charge in [-0.25, -0.2) is 14.4 Å². The largest absolute Gasteiger partial charge is 0.465 e. The molecule has 0 unspecified atom stereocenters. The van der Waals surface area contributed by atoms with Crippen LogP contribution in [0.5, 0.6) is 0 Å². The number of ether oxygens (including phenoxy) is 2. The second-order valence-electron chi connectivity index (χ2n) is 11.5. The molecule has 0 spiro atoms. The van der Waals surface area contributed by atoms with Crippen molar-refractivity contribution in [3.05, 3.63) is 0 Å². The molecular weight excluding hydrogens is 452 g/mol. The highest BCUT2D eigenvalue weighted by Gasteiger charge is 2.30. The Morgan fingerprint density at radius 1 is 1.00 bits per heavy atom. The molecule has 3 amide bonds. The fourth-order valence-electron chi connectivity index (χ4n) is 3.27. The molecular formula is C25H42N4O6. The summed E-state index contributed by atoms with van der Waals surface area (Å²) >= 11 is 0. The third-order valence-electron chi connectivity index (χ3n) is 4.60. The lowest BCUT2D eigenvalue weighted by Crippen LogP contribution is -2.53. The summed E-state index contributed by atoms with van der Waals surface area (Å²) in [6, 6.07) is -0.204. The number of guanidine groups is 1. The van der Waals surface area contributed by atoms with Crippen molar-refractivity contribution in [3.63, 3.8) is 0 Å². The molecule has 10 heteroatoms. The van der Waals surface area contributed by atoms with E-state index in [1.165, 1.54) is 4.90 Å². The van der Waals surface area contributed by atoms with Crippen LogP contribution < -0.4 is 5.32 Å². The van der Waals surface area contributed by atoms with Gasteiger partial charge < -0.3 is 24.4 Å². The fourth-order valence-corrected chi connectivity index (χ4v) is 3.27. The first kappa shape index (κ1) is 30.1. The number of hydrogen-bond acceptors (Lipinski definition) is 5. The lowest BCUT2D eigenvalue weighted by Gasteiger charge is -2.38. The van der Waals surface area contributed by atoms with Gasteiger partial charge >= 0.3 is 18.3 Å². The topological polar surface area (TPSA) is 121 Å². The molecule has 2 N–H and O–H groups in total. The molecule has 0 saturated carbocycles. The molecule has 1 aliphatic heterocycles. The van der Waals surface area contributed by atoms with Crippen LogP contribution in [0.3, 0.4) is 0 Å². The summed E-state index contributed by atoms with van der Waals surface area (Å²) in [6.45, 7) is 17.5. The third-order valence-corrected chi connectivity index (χ3v) is 4.60. The predicted octanol–water partition coefficient (Wildman–Crippen LogP) is 4.69. The molecule has 1 fully saturated rings. The Morgan fingerprint density at radius 2 is 1.54 bits per heavy atom. The average molecular weight is 495 g/mol. The minimum atomic E-state index is -0.990. The molecule has 0 aromatic rings. The molecule has 0 aromatic heterocycles. The number of rotatable bonds is 3. The Kier molecular flexibility index (Phi) is 10.4. The number of hydrogen-bond donors (Lipinski definition) is 2. The smallest absolute Gasteiger partial charge is 0.437 e. The number of alkyl carbamates (subject to hydrolysis) is 1. The zero-order valence-electron chi connectivity index (χ0n) is 22.7. The molecule has 1 heterocycles. The zero-order valence-corrected chi connectivity index (χ0v) is 22.7. The van der Waals surface area contributed by atoms with Crippen LogP contribution in [0.1, 0.15) is 81.6 Å². The molecule has 0 aliphatic carbocycles. The van der Waals surface area contributed by atoms with Crippen LogP contribution in [-0.4, -0.2) is 76.0 Å². The Bertz CT molecular complexity index is 844. The maximum absolute atomic E-state index is 12.4. The fraction of sp³-hybridized carbons (Fsp3) is 0.760. The molecule has 1 rings (SSSR count). The Morgan fingerprint density at radius 3 is 2.00 bits per heavy atom. The molecule has 0 bridgehead atoms. The van der Waals surface area contributed by atoms with Crippen LogP contribution >= 0.6 is 0 Å². The Labute approximate surface area is 209 Å². The first-order chi connectivity index (χ1) is 15.9. The molecule has 198 valence electrons. The van der Waals surface area contributed by atoms with Crippen LogP contribution in [0.25, 0.3) is 0 Å². The van der Waals surface area contributed by atoms with E-state index in [2.05, 4.69) is 22.2 Å². The molecule has 1 saturated heterocycles. The summed E-state index contributed by atoms with van der Waals surface area (Å²) < 4.78 is 10.6. The van der Waals surface area contributed by atoms with Crippen LogP contribution in [0.4, 0.5) is 14.4 Å². The first-order valence-corrected chi connectivity index (χ1v) is 11.9. The van der Waals surface area contributed by atoms with E-state index in [0.29, 0.717) is 38.9 Å². The number of carboxylic acid groups (broad SMARTS) is 1. The lowest BCUT2D eigenvalue weighted by molar-refractivity contribution is 0.0551. The van der Waals surface area contributed by atoms with Crippen molar-refractivity contribution in [2.24, 2.45) is 10.4 Å². The number of aliphatic imine (C=N–C) groups is 1. The first-order valence-electron chi connectivity index (χ1n) is 11.9. The molecule has 10 nitrogen and oxygen atoms in total. The SMILES string of the molecule is CC(C)(C)C#CCCN(C(=O)O)C1CCN(C(=NC(=O)OC(C)(C)C)NC(=O)OC(C)(C)C)CC1. The van der Waals surface area contributed by atoms with Gasteiger partial charge in [-0.3, -0.25) is 5.32 Å². The number of nitrogens with zero attached hydrogens (tertiary/aromatic N) is 3. The monoisotopic (exact) mass is 494 g/mol. The number of likely N-dealkylation sites (tertiary alicyclic amines) is 1. The van der Waals surface area contributed by atoms with Gasteiger partial charge in [0.2, 0.25) is 5.96 Å². The summed E-state index contributed by atoms with van der Waals surface area (Å²) in [6.07, 6.45) is -1.11. The summed E-state index contributed by atoms with van der Waals surface area (Å²) in [5, 5.41) is 12.3. The van der Waals surface area contributed by atoms with Gasteiger partial charge in [-0.05, 0) is 75.2 Å². The van der Waals surface area contributed by atoms with Gasteiger partial charge in [0.05, 0.1) is 0 Å². The molecule has 0 atom stereocenters. The second-order valence-corrected chi connectivity index (χ2v) is 11.5. The van der Waals surface area contributed by atoms with Crippen molar-refractivity contribution in [2.45, 2.75) is 98.8 Å². The van der Waals surface area contributed by atoms with Crippen molar-refractivity contribution in [3.8, 4) is 11.8 Å². The highest BCUT2D eigenvalue weighted by Crippen LogP contribution is 2.19. The summed E-state index contributed by atoms with van der Waals surface area (Å²) in [5.74, 6) is 6.20. The summed E-state index contributed by atoms with van der Waals surface area (Å²) in [5.41, 5.74) is -1.61. The molecule has 1 aliphatic rings. The van der Waals surface area contributed by atoms with Crippen molar-refractivity contribution in [1.82, 2.24) is 15.1 Å². The van der Waals surface area contributed by atoms with Crippen molar-refractivity contribution < 1.29 is 29.0 Å². The number of carbonyl (C=O) groups excluding carboxylic acids is 2. The number of amides is 3. The van der Waals surface area contributed by atoms with Gasteiger partial charge in [0.15, 0.2) is 0 Å². The number of nitrogens with one attached hydrogen (secondary N) is 1. The van der Waals surface area contributed by atoms with E-state index < -0.39 is 29.5 Å². The minimum absolute atomic E-state index is 0.0184. The zero-order chi connectivity index (χ0) is 27.0. The normalized spacial score (nSPS) is 15.6. The maximum Gasteiger partial charge on any atom is 0.437 e. The Balaban J connectivity index is 2.92. The van der Waals surface area contributed by atoms with Crippen molar-refractivity contribution >= 4 is 24.2 Å². The highest BCUT2D eigenvalue weighted by molar-refractivity contribution is 5.99.